The van der Waals surface area contributed by atoms with Gasteiger partial charge in [0.15, 0.2) is 5.60 Å². The summed E-state index contributed by atoms with van der Waals surface area (Å²) >= 11 is 0. The van der Waals surface area contributed by atoms with E-state index in [1.165, 1.54) is 12.1 Å². The van der Waals surface area contributed by atoms with Gasteiger partial charge in [0.1, 0.15) is 17.2 Å². The number of anilines is 2. The Morgan fingerprint density at radius 3 is 2.41 bits per heavy atom. The van der Waals surface area contributed by atoms with Crippen molar-refractivity contribution in [1.82, 2.24) is 0 Å². The van der Waals surface area contributed by atoms with Gasteiger partial charge in [0, 0.05) is 0 Å². The van der Waals surface area contributed by atoms with Gasteiger partial charge >= 0.3 is 0 Å². The second kappa shape index (κ2) is 6.77. The maximum Gasteiger partial charge on any atom is 0.268 e. The molecule has 0 saturated heterocycles. The fourth-order valence-corrected chi connectivity index (χ4v) is 3.66. The fourth-order valence-electron chi connectivity index (χ4n) is 2.59. The summed E-state index contributed by atoms with van der Waals surface area (Å²) in [6.45, 7) is 7.07. The number of hydrogen-bond donors (Lipinski definition) is 2. The van der Waals surface area contributed by atoms with Gasteiger partial charge in [-0.25, -0.2) is 8.42 Å². The Morgan fingerprint density at radius 2 is 1.78 bits per heavy atom. The standard InChI is InChI=1S/C19H22N2O5S/c1-12(2)25-13-8-10-14(11-9-13)27(23,24)21-15-6-5-7-16-17(15)20-18(22)19(3,4)26-16/h5-12,21H,1-4H3,(H,20,22). The van der Waals surface area contributed by atoms with E-state index in [0.717, 1.165) is 0 Å². The zero-order valence-corrected chi connectivity index (χ0v) is 16.4. The van der Waals surface area contributed by atoms with Gasteiger partial charge in [-0.2, -0.15) is 0 Å². The molecule has 0 radical (unpaired) electrons. The summed E-state index contributed by atoms with van der Waals surface area (Å²) < 4.78 is 39.2. The van der Waals surface area contributed by atoms with Gasteiger partial charge in [-0.05, 0) is 64.1 Å². The highest BCUT2D eigenvalue weighted by molar-refractivity contribution is 7.92. The summed E-state index contributed by atoms with van der Waals surface area (Å²) in [5.74, 6) is 0.640. The highest BCUT2D eigenvalue weighted by Crippen LogP contribution is 2.39. The Kier molecular flexibility index (Phi) is 4.77. The van der Waals surface area contributed by atoms with Crippen molar-refractivity contribution in [3.63, 3.8) is 0 Å². The number of amides is 1. The summed E-state index contributed by atoms with van der Waals surface area (Å²) in [6.07, 6.45) is -0.00529. The van der Waals surface area contributed by atoms with Crippen molar-refractivity contribution in [2.24, 2.45) is 0 Å². The van der Waals surface area contributed by atoms with E-state index in [9.17, 15) is 13.2 Å². The van der Waals surface area contributed by atoms with Crippen LogP contribution in [0.3, 0.4) is 0 Å². The highest BCUT2D eigenvalue weighted by Gasteiger charge is 2.36. The number of fused-ring (bicyclic) bond motifs is 1. The van der Waals surface area contributed by atoms with E-state index in [0.29, 0.717) is 17.2 Å². The molecule has 1 aliphatic rings. The third-order valence-electron chi connectivity index (χ3n) is 3.93. The summed E-state index contributed by atoms with van der Waals surface area (Å²) in [6, 6.07) is 11.0. The molecule has 2 aromatic rings. The first-order valence-corrected chi connectivity index (χ1v) is 10.00. The lowest BCUT2D eigenvalue weighted by molar-refractivity contribution is -0.129. The number of ether oxygens (including phenoxy) is 2. The average Bonchev–Trinajstić information content (AvgIpc) is 2.56. The molecular formula is C19H22N2O5S. The maximum absolute atomic E-state index is 12.7. The van der Waals surface area contributed by atoms with Crippen LogP contribution in [0.2, 0.25) is 0 Å². The van der Waals surface area contributed by atoms with Gasteiger partial charge in [0.05, 0.1) is 16.7 Å². The minimum absolute atomic E-state index is 0.00529. The Balaban J connectivity index is 1.88. The first-order valence-electron chi connectivity index (χ1n) is 8.51. The Morgan fingerprint density at radius 1 is 1.11 bits per heavy atom. The molecule has 0 fully saturated rings. The molecule has 1 aliphatic heterocycles. The number of rotatable bonds is 5. The number of sulfonamides is 1. The minimum atomic E-state index is -3.85. The second-order valence-corrected chi connectivity index (χ2v) is 8.67. The van der Waals surface area contributed by atoms with Gasteiger partial charge in [-0.1, -0.05) is 6.07 Å². The molecule has 0 saturated carbocycles. The first kappa shape index (κ1) is 19.0. The monoisotopic (exact) mass is 390 g/mol. The molecule has 2 aromatic carbocycles. The van der Waals surface area contributed by atoms with Gasteiger partial charge in [0.2, 0.25) is 0 Å². The number of benzene rings is 2. The molecule has 8 heteroatoms. The minimum Gasteiger partial charge on any atom is -0.491 e. The molecule has 0 unspecified atom stereocenters. The Hall–Kier alpha value is -2.74. The SMILES string of the molecule is CC(C)Oc1ccc(S(=O)(=O)Nc2cccc3c2NC(=O)C(C)(C)O3)cc1. The van der Waals surface area contributed by atoms with Gasteiger partial charge < -0.3 is 14.8 Å². The summed E-state index contributed by atoms with van der Waals surface area (Å²) in [5.41, 5.74) is -0.500. The van der Waals surface area contributed by atoms with Crippen molar-refractivity contribution in [3.05, 3.63) is 42.5 Å². The molecular weight excluding hydrogens is 368 g/mol. The molecule has 0 aliphatic carbocycles. The topological polar surface area (TPSA) is 93.7 Å². The summed E-state index contributed by atoms with van der Waals surface area (Å²) in [5, 5.41) is 2.71. The molecule has 3 rings (SSSR count). The number of para-hydroxylation sites is 1. The Bertz CT molecular complexity index is 966. The van der Waals surface area contributed by atoms with Crippen molar-refractivity contribution in [3.8, 4) is 11.5 Å². The zero-order valence-electron chi connectivity index (χ0n) is 15.6. The maximum atomic E-state index is 12.7. The third kappa shape index (κ3) is 4.00. The quantitative estimate of drug-likeness (QED) is 0.816. The lowest BCUT2D eigenvalue weighted by atomic mass is 10.1. The molecule has 0 atom stereocenters. The number of carbonyl (C=O) groups excluding carboxylic acids is 1. The molecule has 0 spiro atoms. The molecule has 0 bridgehead atoms. The molecule has 1 amide bonds. The van der Waals surface area contributed by atoms with Crippen molar-refractivity contribution in [1.29, 1.82) is 0 Å². The van der Waals surface area contributed by atoms with E-state index in [1.807, 2.05) is 13.8 Å². The van der Waals surface area contributed by atoms with E-state index < -0.39 is 15.6 Å². The average molecular weight is 390 g/mol. The highest BCUT2D eigenvalue weighted by atomic mass is 32.2. The van der Waals surface area contributed by atoms with Crippen LogP contribution in [0.15, 0.2) is 47.4 Å². The zero-order chi connectivity index (χ0) is 19.8. The van der Waals surface area contributed by atoms with Crippen LogP contribution < -0.4 is 19.5 Å². The predicted octanol–water partition coefficient (Wildman–Crippen LogP) is 3.38. The number of carbonyl (C=O) groups is 1. The van der Waals surface area contributed by atoms with Crippen molar-refractivity contribution in [2.75, 3.05) is 10.0 Å². The van der Waals surface area contributed by atoms with Crippen molar-refractivity contribution < 1.29 is 22.7 Å². The number of hydrogen-bond acceptors (Lipinski definition) is 5. The lowest BCUT2D eigenvalue weighted by Crippen LogP contribution is -2.45. The van der Waals surface area contributed by atoms with Crippen LogP contribution in [0, 0.1) is 0 Å². The van der Waals surface area contributed by atoms with Gasteiger partial charge in [0.25, 0.3) is 15.9 Å². The van der Waals surface area contributed by atoms with Crippen LogP contribution in [0.5, 0.6) is 11.5 Å². The second-order valence-electron chi connectivity index (χ2n) is 6.99. The molecule has 0 aromatic heterocycles. The largest absolute Gasteiger partial charge is 0.491 e. The van der Waals surface area contributed by atoms with E-state index in [1.54, 1.807) is 44.2 Å². The summed E-state index contributed by atoms with van der Waals surface area (Å²) in [7, 11) is -3.85. The predicted molar refractivity (Wildman–Crippen MR) is 103 cm³/mol. The van der Waals surface area contributed by atoms with Crippen LogP contribution in [-0.4, -0.2) is 26.0 Å². The van der Waals surface area contributed by atoms with Crippen molar-refractivity contribution in [2.45, 2.75) is 44.3 Å². The third-order valence-corrected chi connectivity index (χ3v) is 5.31. The van der Waals surface area contributed by atoms with Crippen LogP contribution in [-0.2, 0) is 14.8 Å². The van der Waals surface area contributed by atoms with Crippen LogP contribution in [0.4, 0.5) is 11.4 Å². The van der Waals surface area contributed by atoms with E-state index in [-0.39, 0.29) is 22.6 Å². The van der Waals surface area contributed by atoms with E-state index in [2.05, 4.69) is 10.0 Å². The molecule has 1 heterocycles. The van der Waals surface area contributed by atoms with Crippen molar-refractivity contribution >= 4 is 27.3 Å². The van der Waals surface area contributed by atoms with E-state index in [4.69, 9.17) is 9.47 Å². The molecule has 2 N–H and O–H groups in total. The number of nitrogens with one attached hydrogen (secondary N) is 2. The molecule has 144 valence electrons. The van der Waals surface area contributed by atoms with Crippen LogP contribution >= 0.6 is 0 Å². The summed E-state index contributed by atoms with van der Waals surface area (Å²) in [4.78, 5) is 12.2. The van der Waals surface area contributed by atoms with Gasteiger partial charge in [-0.3, -0.25) is 9.52 Å². The fraction of sp³-hybridized carbons (Fsp3) is 0.316. The normalized spacial score (nSPS) is 15.5. The lowest BCUT2D eigenvalue weighted by Gasteiger charge is -2.32. The van der Waals surface area contributed by atoms with Crippen LogP contribution in [0.1, 0.15) is 27.7 Å². The van der Waals surface area contributed by atoms with E-state index >= 15 is 0 Å². The molecule has 27 heavy (non-hydrogen) atoms. The molecule has 7 nitrogen and oxygen atoms in total. The Labute approximate surface area is 158 Å². The van der Waals surface area contributed by atoms with Crippen LogP contribution in [0.25, 0.3) is 0 Å². The first-order chi connectivity index (χ1) is 12.6. The smallest absolute Gasteiger partial charge is 0.268 e. The van der Waals surface area contributed by atoms with Gasteiger partial charge in [-0.15, -0.1) is 0 Å².